The highest BCUT2D eigenvalue weighted by Crippen LogP contribution is 2.47. The molecule has 1 aliphatic heterocycles. The van der Waals surface area contributed by atoms with Crippen molar-refractivity contribution in [2.75, 3.05) is 0 Å². The standard InChI is InChI=1S/C9H16O5/c1-3(2)5-7(12)9(13)6(11)4(10)8(9)14-5/h3-8,10-13H,1-2H3/t4?,5-,6-,7?,8?,9-/m0/s1. The first-order valence-corrected chi connectivity index (χ1v) is 4.82. The number of aliphatic hydroxyl groups excluding tert-OH is 3. The molecule has 0 radical (unpaired) electrons. The van der Waals surface area contributed by atoms with Gasteiger partial charge in [-0.3, -0.25) is 0 Å². The molecule has 2 fully saturated rings. The number of rotatable bonds is 1. The highest BCUT2D eigenvalue weighted by atomic mass is 16.6. The molecule has 0 aromatic heterocycles. The van der Waals surface area contributed by atoms with Crippen LogP contribution in [0.5, 0.6) is 0 Å². The molecule has 6 atom stereocenters. The molecule has 0 spiro atoms. The lowest BCUT2D eigenvalue weighted by molar-refractivity contribution is -0.278. The van der Waals surface area contributed by atoms with Crippen molar-refractivity contribution in [1.29, 1.82) is 0 Å². The van der Waals surface area contributed by atoms with E-state index in [1.165, 1.54) is 0 Å². The largest absolute Gasteiger partial charge is 0.387 e. The Morgan fingerprint density at radius 3 is 2.14 bits per heavy atom. The average Bonchev–Trinajstić information content (AvgIpc) is 2.38. The van der Waals surface area contributed by atoms with Gasteiger partial charge >= 0.3 is 0 Å². The van der Waals surface area contributed by atoms with Crippen LogP contribution in [-0.2, 0) is 4.74 Å². The molecular formula is C9H16O5. The number of ether oxygens (including phenoxy) is 1. The van der Waals surface area contributed by atoms with E-state index in [4.69, 9.17) is 4.74 Å². The molecule has 0 bridgehead atoms. The predicted octanol–water partition coefficient (Wildman–Crippen LogP) is -1.76. The summed E-state index contributed by atoms with van der Waals surface area (Å²) in [6.45, 7) is 3.70. The fourth-order valence-corrected chi connectivity index (χ4v) is 2.32. The summed E-state index contributed by atoms with van der Waals surface area (Å²) in [5.41, 5.74) is -1.69. The summed E-state index contributed by atoms with van der Waals surface area (Å²) in [6, 6.07) is 0. The Labute approximate surface area is 81.9 Å². The van der Waals surface area contributed by atoms with Crippen molar-refractivity contribution in [3.63, 3.8) is 0 Å². The second kappa shape index (κ2) is 2.90. The molecule has 4 N–H and O–H groups in total. The molecule has 14 heavy (non-hydrogen) atoms. The first-order valence-electron chi connectivity index (χ1n) is 4.82. The highest BCUT2D eigenvalue weighted by Gasteiger charge is 2.72. The summed E-state index contributed by atoms with van der Waals surface area (Å²) in [4.78, 5) is 0. The Kier molecular flexibility index (Phi) is 2.14. The van der Waals surface area contributed by atoms with Gasteiger partial charge in [-0.05, 0) is 5.92 Å². The van der Waals surface area contributed by atoms with Crippen LogP contribution in [0, 0.1) is 5.92 Å². The Morgan fingerprint density at radius 2 is 1.71 bits per heavy atom. The maximum atomic E-state index is 9.89. The van der Waals surface area contributed by atoms with Crippen LogP contribution in [0.4, 0.5) is 0 Å². The van der Waals surface area contributed by atoms with Crippen LogP contribution in [0.2, 0.25) is 0 Å². The van der Waals surface area contributed by atoms with Gasteiger partial charge < -0.3 is 25.2 Å². The molecule has 0 amide bonds. The first-order chi connectivity index (χ1) is 6.40. The van der Waals surface area contributed by atoms with Gasteiger partial charge in [-0.1, -0.05) is 13.8 Å². The molecule has 1 heterocycles. The minimum Gasteiger partial charge on any atom is -0.387 e. The third kappa shape index (κ3) is 0.963. The van der Waals surface area contributed by atoms with E-state index in [-0.39, 0.29) is 5.92 Å². The van der Waals surface area contributed by atoms with Crippen molar-refractivity contribution in [3.05, 3.63) is 0 Å². The van der Waals surface area contributed by atoms with Gasteiger partial charge in [-0.15, -0.1) is 0 Å². The minimum atomic E-state index is -1.69. The summed E-state index contributed by atoms with van der Waals surface area (Å²) < 4.78 is 5.31. The molecule has 5 heteroatoms. The van der Waals surface area contributed by atoms with Crippen LogP contribution in [-0.4, -0.2) is 56.5 Å². The number of hydrogen-bond donors (Lipinski definition) is 4. The van der Waals surface area contributed by atoms with Crippen molar-refractivity contribution in [2.24, 2.45) is 5.92 Å². The lowest BCUT2D eigenvalue weighted by Crippen LogP contribution is -2.75. The van der Waals surface area contributed by atoms with Crippen LogP contribution in [0.25, 0.3) is 0 Å². The summed E-state index contributed by atoms with van der Waals surface area (Å²) in [5, 5.41) is 38.3. The molecule has 0 aromatic rings. The summed E-state index contributed by atoms with van der Waals surface area (Å²) in [7, 11) is 0. The van der Waals surface area contributed by atoms with E-state index in [2.05, 4.69) is 0 Å². The molecule has 2 rings (SSSR count). The van der Waals surface area contributed by atoms with Crippen molar-refractivity contribution in [2.45, 2.75) is 50.0 Å². The van der Waals surface area contributed by atoms with Gasteiger partial charge in [0.25, 0.3) is 0 Å². The van der Waals surface area contributed by atoms with Crippen molar-refractivity contribution < 1.29 is 25.2 Å². The fourth-order valence-electron chi connectivity index (χ4n) is 2.32. The quantitative estimate of drug-likeness (QED) is 0.406. The van der Waals surface area contributed by atoms with E-state index in [1.807, 2.05) is 13.8 Å². The second-order valence-corrected chi connectivity index (χ2v) is 4.53. The smallest absolute Gasteiger partial charge is 0.150 e. The van der Waals surface area contributed by atoms with Crippen LogP contribution in [0.3, 0.4) is 0 Å². The molecule has 2 aliphatic rings. The van der Waals surface area contributed by atoms with Crippen LogP contribution < -0.4 is 0 Å². The third-order valence-corrected chi connectivity index (χ3v) is 3.31. The van der Waals surface area contributed by atoms with Crippen LogP contribution in [0.15, 0.2) is 0 Å². The zero-order valence-electron chi connectivity index (χ0n) is 8.16. The normalized spacial score (nSPS) is 57.2. The summed E-state index contributed by atoms with van der Waals surface area (Å²) >= 11 is 0. The minimum absolute atomic E-state index is 0.0269. The fraction of sp³-hybridized carbons (Fsp3) is 1.00. The zero-order chi connectivity index (χ0) is 10.7. The molecular weight excluding hydrogens is 188 g/mol. The van der Waals surface area contributed by atoms with Crippen LogP contribution in [0.1, 0.15) is 13.8 Å². The van der Waals surface area contributed by atoms with E-state index in [9.17, 15) is 20.4 Å². The average molecular weight is 204 g/mol. The van der Waals surface area contributed by atoms with Gasteiger partial charge in [0, 0.05) is 0 Å². The maximum Gasteiger partial charge on any atom is 0.150 e. The molecule has 1 saturated heterocycles. The molecule has 1 aliphatic carbocycles. The molecule has 3 unspecified atom stereocenters. The van der Waals surface area contributed by atoms with Crippen molar-refractivity contribution in [3.8, 4) is 0 Å². The van der Waals surface area contributed by atoms with E-state index in [0.717, 1.165) is 0 Å². The Bertz CT molecular complexity index is 243. The molecule has 0 aromatic carbocycles. The number of aliphatic hydroxyl groups is 4. The zero-order valence-corrected chi connectivity index (χ0v) is 8.16. The lowest BCUT2D eigenvalue weighted by Gasteiger charge is -2.48. The molecule has 1 saturated carbocycles. The van der Waals surface area contributed by atoms with Crippen molar-refractivity contribution >= 4 is 0 Å². The maximum absolute atomic E-state index is 9.89. The van der Waals surface area contributed by atoms with E-state index < -0.39 is 36.1 Å². The van der Waals surface area contributed by atoms with E-state index in [0.29, 0.717) is 0 Å². The Hall–Kier alpha value is -0.200. The van der Waals surface area contributed by atoms with E-state index in [1.54, 1.807) is 0 Å². The SMILES string of the molecule is CC(C)[C@@H]1OC2C(O)[C@H](O)[C@]2(O)C1O. The van der Waals surface area contributed by atoms with Gasteiger partial charge in [-0.2, -0.15) is 0 Å². The molecule has 82 valence electrons. The van der Waals surface area contributed by atoms with Gasteiger partial charge in [-0.25, -0.2) is 0 Å². The third-order valence-electron chi connectivity index (χ3n) is 3.31. The van der Waals surface area contributed by atoms with Crippen LogP contribution >= 0.6 is 0 Å². The predicted molar refractivity (Wildman–Crippen MR) is 46.5 cm³/mol. The molecule has 5 nitrogen and oxygen atoms in total. The summed E-state index contributed by atoms with van der Waals surface area (Å²) in [5.74, 6) is 0.0269. The van der Waals surface area contributed by atoms with E-state index >= 15 is 0 Å². The second-order valence-electron chi connectivity index (χ2n) is 4.53. The number of fused-ring (bicyclic) bond motifs is 1. The summed E-state index contributed by atoms with van der Waals surface area (Å²) in [6.07, 6.45) is -4.94. The number of hydrogen-bond acceptors (Lipinski definition) is 5. The monoisotopic (exact) mass is 204 g/mol. The highest BCUT2D eigenvalue weighted by molar-refractivity contribution is 5.21. The van der Waals surface area contributed by atoms with Crippen molar-refractivity contribution in [1.82, 2.24) is 0 Å². The van der Waals surface area contributed by atoms with Gasteiger partial charge in [0.05, 0.1) is 6.10 Å². The topological polar surface area (TPSA) is 90.2 Å². The first kappa shape index (κ1) is 10.3. The van der Waals surface area contributed by atoms with Gasteiger partial charge in [0.15, 0.2) is 0 Å². The lowest BCUT2D eigenvalue weighted by atomic mass is 9.68. The van der Waals surface area contributed by atoms with Gasteiger partial charge in [0.2, 0.25) is 0 Å². The Morgan fingerprint density at radius 1 is 1.14 bits per heavy atom. The Balaban J connectivity index is 2.22. The van der Waals surface area contributed by atoms with Gasteiger partial charge in [0.1, 0.15) is 30.0 Å².